The number of anilines is 2. The Kier molecular flexibility index (Phi) is 8.53. The fourth-order valence-electron chi connectivity index (χ4n) is 3.77. The molecule has 1 aromatic carbocycles. The van der Waals surface area contributed by atoms with Gasteiger partial charge in [-0.3, -0.25) is 19.7 Å². The summed E-state index contributed by atoms with van der Waals surface area (Å²) < 4.78 is 5.04. The lowest BCUT2D eigenvalue weighted by atomic mass is 9.91. The zero-order valence-electron chi connectivity index (χ0n) is 18.7. The van der Waals surface area contributed by atoms with Crippen LogP contribution < -0.4 is 16.0 Å². The van der Waals surface area contributed by atoms with E-state index in [1.165, 1.54) is 11.3 Å². The van der Waals surface area contributed by atoms with Gasteiger partial charge in [0.1, 0.15) is 0 Å². The number of esters is 1. The van der Waals surface area contributed by atoms with Gasteiger partial charge < -0.3 is 15.4 Å². The lowest BCUT2D eigenvalue weighted by Gasteiger charge is -2.15. The van der Waals surface area contributed by atoms with Crippen LogP contribution in [0.1, 0.15) is 54.2 Å². The van der Waals surface area contributed by atoms with Crippen LogP contribution in [0.2, 0.25) is 0 Å². The monoisotopic (exact) mass is 472 g/mol. The number of carbonyl (C=O) groups is 4. The van der Waals surface area contributed by atoms with E-state index in [1.54, 1.807) is 37.6 Å². The van der Waals surface area contributed by atoms with Crippen LogP contribution in [-0.2, 0) is 27.2 Å². The number of carbonyl (C=O) groups excluding carboxylic acids is 4. The van der Waals surface area contributed by atoms with Crippen LogP contribution in [0.25, 0.3) is 0 Å². The second-order valence-electron chi connectivity index (χ2n) is 7.77. The van der Waals surface area contributed by atoms with Gasteiger partial charge in [-0.15, -0.1) is 11.3 Å². The van der Waals surface area contributed by atoms with Crippen LogP contribution in [0.15, 0.2) is 23.6 Å². The highest BCUT2D eigenvalue weighted by Crippen LogP contribution is 2.30. The number of thiazole rings is 1. The zero-order chi connectivity index (χ0) is 23.8. The van der Waals surface area contributed by atoms with Crippen LogP contribution in [0, 0.1) is 5.92 Å². The van der Waals surface area contributed by atoms with E-state index in [1.807, 2.05) is 0 Å². The van der Waals surface area contributed by atoms with E-state index in [-0.39, 0.29) is 37.1 Å². The first-order valence-corrected chi connectivity index (χ1v) is 11.8. The molecule has 0 saturated heterocycles. The van der Waals surface area contributed by atoms with Crippen molar-refractivity contribution in [2.45, 2.75) is 45.4 Å². The number of ether oxygens (including phenoxy) is 1. The Balaban J connectivity index is 1.72. The molecule has 0 atom stereocenters. The predicted octanol–water partition coefficient (Wildman–Crippen LogP) is 3.55. The second kappa shape index (κ2) is 11.6. The number of nitrogens with one attached hydrogen (secondary N) is 3. The number of Topliss-reactive ketones (excluding diaryl/α,β-unsaturated/α-hetero) is 1. The molecule has 3 rings (SSSR count). The Morgan fingerprint density at radius 3 is 2.58 bits per heavy atom. The first kappa shape index (κ1) is 24.4. The molecule has 0 bridgehead atoms. The van der Waals surface area contributed by atoms with E-state index in [0.29, 0.717) is 27.6 Å². The Bertz CT molecular complexity index is 1030. The van der Waals surface area contributed by atoms with Gasteiger partial charge in [-0.2, -0.15) is 0 Å². The van der Waals surface area contributed by atoms with E-state index in [0.717, 1.165) is 25.7 Å². The summed E-state index contributed by atoms with van der Waals surface area (Å²) in [5.74, 6) is -0.634. The number of urea groups is 1. The second-order valence-corrected chi connectivity index (χ2v) is 8.63. The van der Waals surface area contributed by atoms with Crippen molar-refractivity contribution < 1.29 is 23.9 Å². The Morgan fingerprint density at radius 1 is 1.12 bits per heavy atom. The van der Waals surface area contributed by atoms with E-state index in [2.05, 4.69) is 20.9 Å². The lowest BCUT2D eigenvalue weighted by Crippen LogP contribution is -2.21. The smallest absolute Gasteiger partial charge is 0.325 e. The van der Waals surface area contributed by atoms with Gasteiger partial charge in [-0.05, 0) is 37.5 Å². The Morgan fingerprint density at radius 2 is 1.88 bits per heavy atom. The van der Waals surface area contributed by atoms with Crippen LogP contribution in [0.5, 0.6) is 0 Å². The van der Waals surface area contributed by atoms with Crippen molar-refractivity contribution in [1.82, 2.24) is 10.3 Å². The molecule has 1 aliphatic carbocycles. The molecule has 9 nitrogen and oxygen atoms in total. The number of likely N-dealkylation sites (N-methyl/N-ethyl adjacent to an activating group) is 1. The number of hydrogen-bond donors (Lipinski definition) is 3. The minimum Gasteiger partial charge on any atom is -0.466 e. The molecule has 0 unspecified atom stereocenters. The minimum absolute atomic E-state index is 0.00133. The largest absolute Gasteiger partial charge is 0.466 e. The summed E-state index contributed by atoms with van der Waals surface area (Å²) in [7, 11) is 1.55. The van der Waals surface area contributed by atoms with Crippen molar-refractivity contribution in [1.29, 1.82) is 0 Å². The van der Waals surface area contributed by atoms with E-state index >= 15 is 0 Å². The van der Waals surface area contributed by atoms with Crippen molar-refractivity contribution in [3.05, 3.63) is 40.4 Å². The first-order chi connectivity index (χ1) is 15.9. The standard InChI is InChI=1S/C23H28N4O5S/c1-3-32-20(29)10-15-8-9-16(11-18(15)21(30)14-6-4-5-7-14)25-22(31)27-23-26-17(13-33-23)12-19(28)24-2/h8-9,11,13-14H,3-7,10,12H2,1-2H3,(H,24,28)(H2,25,26,27,31). The van der Waals surface area contributed by atoms with Crippen molar-refractivity contribution in [3.8, 4) is 0 Å². The summed E-state index contributed by atoms with van der Waals surface area (Å²) in [5, 5.41) is 9.93. The molecule has 0 radical (unpaired) electrons. The highest BCUT2D eigenvalue weighted by molar-refractivity contribution is 7.14. The van der Waals surface area contributed by atoms with Gasteiger partial charge in [0.25, 0.3) is 0 Å². The molecule has 33 heavy (non-hydrogen) atoms. The molecule has 1 aromatic heterocycles. The summed E-state index contributed by atoms with van der Waals surface area (Å²) in [4.78, 5) is 53.3. The number of benzene rings is 1. The first-order valence-electron chi connectivity index (χ1n) is 10.9. The zero-order valence-corrected chi connectivity index (χ0v) is 19.5. The van der Waals surface area contributed by atoms with Gasteiger partial charge in [-0.1, -0.05) is 18.9 Å². The lowest BCUT2D eigenvalue weighted by molar-refractivity contribution is -0.142. The quantitative estimate of drug-likeness (QED) is 0.378. The molecule has 2 aromatic rings. The van der Waals surface area contributed by atoms with Gasteiger partial charge in [0, 0.05) is 29.6 Å². The van der Waals surface area contributed by atoms with E-state index in [4.69, 9.17) is 4.74 Å². The number of amides is 3. The van der Waals surface area contributed by atoms with Crippen LogP contribution >= 0.6 is 11.3 Å². The maximum Gasteiger partial charge on any atom is 0.325 e. The number of aromatic nitrogens is 1. The molecule has 1 fully saturated rings. The average molecular weight is 473 g/mol. The fourth-order valence-corrected chi connectivity index (χ4v) is 4.48. The van der Waals surface area contributed by atoms with E-state index in [9.17, 15) is 19.2 Å². The third kappa shape index (κ3) is 6.85. The number of ketones is 1. The van der Waals surface area contributed by atoms with Crippen LogP contribution in [0.3, 0.4) is 0 Å². The van der Waals surface area contributed by atoms with Gasteiger partial charge in [0.2, 0.25) is 5.91 Å². The highest BCUT2D eigenvalue weighted by Gasteiger charge is 2.26. The van der Waals surface area contributed by atoms with Gasteiger partial charge in [0.15, 0.2) is 10.9 Å². The molecule has 176 valence electrons. The third-order valence-corrected chi connectivity index (χ3v) is 6.20. The van der Waals surface area contributed by atoms with Crippen molar-refractivity contribution >= 4 is 45.8 Å². The van der Waals surface area contributed by atoms with Crippen molar-refractivity contribution in [3.63, 3.8) is 0 Å². The van der Waals surface area contributed by atoms with Crippen molar-refractivity contribution in [2.75, 3.05) is 24.3 Å². The predicted molar refractivity (Wildman–Crippen MR) is 126 cm³/mol. The molecule has 0 spiro atoms. The Hall–Kier alpha value is -3.27. The highest BCUT2D eigenvalue weighted by atomic mass is 32.1. The molecule has 3 amide bonds. The SMILES string of the molecule is CCOC(=O)Cc1ccc(NC(=O)Nc2nc(CC(=O)NC)cs2)cc1C(=O)C1CCCC1. The minimum atomic E-state index is -0.520. The topological polar surface area (TPSA) is 126 Å². The fraction of sp³-hybridized carbons (Fsp3) is 0.435. The summed E-state index contributed by atoms with van der Waals surface area (Å²) in [5.41, 5.74) is 2.02. The third-order valence-electron chi connectivity index (χ3n) is 5.39. The summed E-state index contributed by atoms with van der Waals surface area (Å²) >= 11 is 1.21. The summed E-state index contributed by atoms with van der Waals surface area (Å²) in [6.07, 6.45) is 3.82. The molecular formula is C23H28N4O5S. The maximum atomic E-state index is 13.1. The van der Waals surface area contributed by atoms with Crippen molar-refractivity contribution in [2.24, 2.45) is 5.92 Å². The molecule has 10 heteroatoms. The van der Waals surface area contributed by atoms with Gasteiger partial charge in [-0.25, -0.2) is 9.78 Å². The summed E-state index contributed by atoms with van der Waals surface area (Å²) in [6, 6.07) is 4.43. The number of rotatable bonds is 9. The van der Waals surface area contributed by atoms with Crippen LogP contribution in [0.4, 0.5) is 15.6 Å². The molecule has 1 aliphatic rings. The molecule has 1 saturated carbocycles. The number of nitrogens with zero attached hydrogens (tertiary/aromatic N) is 1. The van der Waals surface area contributed by atoms with E-state index < -0.39 is 12.0 Å². The number of hydrogen-bond acceptors (Lipinski definition) is 7. The molecule has 1 heterocycles. The van der Waals surface area contributed by atoms with Gasteiger partial charge in [0.05, 0.1) is 25.1 Å². The molecule has 0 aliphatic heterocycles. The van der Waals surface area contributed by atoms with Gasteiger partial charge >= 0.3 is 12.0 Å². The average Bonchev–Trinajstić information content (AvgIpc) is 3.47. The summed E-state index contributed by atoms with van der Waals surface area (Å²) in [6.45, 7) is 2.00. The van der Waals surface area contributed by atoms with Crippen LogP contribution in [-0.4, -0.2) is 42.3 Å². The normalized spacial score (nSPS) is 13.4. The maximum absolute atomic E-state index is 13.1. The molecular weight excluding hydrogens is 444 g/mol. The molecule has 3 N–H and O–H groups in total. The Labute approximate surface area is 196 Å².